The van der Waals surface area contributed by atoms with Crippen LogP contribution in [0.15, 0.2) is 0 Å². The van der Waals surface area contributed by atoms with Crippen LogP contribution in [-0.2, 0) is 14.3 Å². The van der Waals surface area contributed by atoms with Crippen LogP contribution in [0.4, 0.5) is 0 Å². The molecule has 0 radical (unpaired) electrons. The van der Waals surface area contributed by atoms with Crippen molar-refractivity contribution in [1.82, 2.24) is 5.32 Å². The molecule has 0 aromatic heterocycles. The Hall–Kier alpha value is -1.10. The van der Waals surface area contributed by atoms with Crippen LogP contribution in [0.1, 0.15) is 46.0 Å². The molecule has 1 amide bonds. The molecule has 0 bridgehead atoms. The Labute approximate surface area is 114 Å². The van der Waals surface area contributed by atoms with Gasteiger partial charge in [-0.2, -0.15) is 0 Å². The van der Waals surface area contributed by atoms with Gasteiger partial charge in [0.1, 0.15) is 6.04 Å². The summed E-state index contributed by atoms with van der Waals surface area (Å²) in [4.78, 5) is 23.4. The number of amides is 1. The second-order valence-electron chi connectivity index (χ2n) is 5.97. The van der Waals surface area contributed by atoms with Gasteiger partial charge in [-0.05, 0) is 18.3 Å². The van der Waals surface area contributed by atoms with E-state index < -0.39 is 12.0 Å². The van der Waals surface area contributed by atoms with Crippen LogP contribution < -0.4 is 5.32 Å². The topological polar surface area (TPSA) is 75.6 Å². The van der Waals surface area contributed by atoms with Gasteiger partial charge in [0.15, 0.2) is 0 Å². The van der Waals surface area contributed by atoms with Crippen molar-refractivity contribution < 1.29 is 19.4 Å². The van der Waals surface area contributed by atoms with Crippen molar-refractivity contribution in [2.75, 3.05) is 13.7 Å². The van der Waals surface area contributed by atoms with Crippen molar-refractivity contribution in [2.24, 2.45) is 11.3 Å². The molecule has 0 aliphatic heterocycles. The molecule has 2 unspecified atom stereocenters. The van der Waals surface area contributed by atoms with E-state index in [9.17, 15) is 9.59 Å². The van der Waals surface area contributed by atoms with E-state index in [-0.39, 0.29) is 17.2 Å². The van der Waals surface area contributed by atoms with E-state index in [1.54, 1.807) is 0 Å². The van der Waals surface area contributed by atoms with E-state index in [0.717, 1.165) is 25.7 Å². The third-order valence-electron chi connectivity index (χ3n) is 4.05. The normalized spacial score (nSPS) is 23.6. The molecular formula is C14H25NO4. The molecule has 110 valence electrons. The van der Waals surface area contributed by atoms with Crippen molar-refractivity contribution in [2.45, 2.75) is 52.0 Å². The molecule has 1 aliphatic rings. The molecular weight excluding hydrogens is 246 g/mol. The first kappa shape index (κ1) is 16.0. The lowest BCUT2D eigenvalue weighted by atomic mass is 9.68. The van der Waals surface area contributed by atoms with Gasteiger partial charge in [-0.15, -0.1) is 0 Å². The molecule has 2 N–H and O–H groups in total. The summed E-state index contributed by atoms with van der Waals surface area (Å²) < 4.78 is 4.88. The maximum absolute atomic E-state index is 12.3. The minimum absolute atomic E-state index is 0.0490. The number of carboxylic acid groups (broad SMARTS) is 1. The fraction of sp³-hybridized carbons (Fsp3) is 0.857. The Bertz CT molecular complexity index is 327. The maximum Gasteiger partial charge on any atom is 0.326 e. The molecule has 0 saturated heterocycles. The van der Waals surface area contributed by atoms with Crippen molar-refractivity contribution in [3.8, 4) is 0 Å². The van der Waals surface area contributed by atoms with Gasteiger partial charge in [-0.3, -0.25) is 4.79 Å². The number of carboxylic acids is 1. The number of hydrogen-bond donors (Lipinski definition) is 2. The molecule has 1 fully saturated rings. The van der Waals surface area contributed by atoms with Crippen molar-refractivity contribution in [3.63, 3.8) is 0 Å². The first-order valence-corrected chi connectivity index (χ1v) is 6.90. The molecule has 1 saturated carbocycles. The van der Waals surface area contributed by atoms with E-state index in [2.05, 4.69) is 19.2 Å². The van der Waals surface area contributed by atoms with Gasteiger partial charge < -0.3 is 15.2 Å². The average Bonchev–Trinajstić information content (AvgIpc) is 2.33. The predicted molar refractivity (Wildman–Crippen MR) is 71.8 cm³/mol. The molecule has 0 aromatic rings. The zero-order valence-corrected chi connectivity index (χ0v) is 12.1. The highest BCUT2D eigenvalue weighted by molar-refractivity contribution is 5.85. The van der Waals surface area contributed by atoms with Crippen LogP contribution in [0.25, 0.3) is 0 Å². The zero-order chi connectivity index (χ0) is 14.5. The highest BCUT2D eigenvalue weighted by Crippen LogP contribution is 2.40. The monoisotopic (exact) mass is 271 g/mol. The van der Waals surface area contributed by atoms with Crippen molar-refractivity contribution >= 4 is 11.9 Å². The lowest BCUT2D eigenvalue weighted by Gasteiger charge is -2.38. The van der Waals surface area contributed by atoms with Crippen LogP contribution >= 0.6 is 0 Å². The van der Waals surface area contributed by atoms with Crippen LogP contribution in [-0.4, -0.2) is 36.7 Å². The third-order valence-corrected chi connectivity index (χ3v) is 4.05. The first-order valence-electron chi connectivity index (χ1n) is 6.90. The van der Waals surface area contributed by atoms with Crippen LogP contribution in [0.5, 0.6) is 0 Å². The van der Waals surface area contributed by atoms with Gasteiger partial charge in [0.2, 0.25) is 5.91 Å². The third kappa shape index (κ3) is 4.49. The van der Waals surface area contributed by atoms with Crippen LogP contribution in [0.3, 0.4) is 0 Å². The number of rotatable bonds is 6. The van der Waals surface area contributed by atoms with E-state index >= 15 is 0 Å². The molecule has 5 nitrogen and oxygen atoms in total. The summed E-state index contributed by atoms with van der Waals surface area (Å²) in [6.45, 7) is 4.49. The molecule has 0 heterocycles. The predicted octanol–water partition coefficient (Wildman–Crippen LogP) is 1.81. The number of methoxy groups -OCH3 is 1. The number of hydrogen-bond acceptors (Lipinski definition) is 3. The Morgan fingerprint density at radius 2 is 2.11 bits per heavy atom. The van der Waals surface area contributed by atoms with Gasteiger partial charge in [0.05, 0.1) is 0 Å². The van der Waals surface area contributed by atoms with Crippen molar-refractivity contribution in [3.05, 3.63) is 0 Å². The lowest BCUT2D eigenvalue weighted by molar-refractivity contribution is -0.144. The number of carbonyl (C=O) groups excluding carboxylic acids is 1. The lowest BCUT2D eigenvalue weighted by Crippen LogP contribution is -2.48. The van der Waals surface area contributed by atoms with Crippen molar-refractivity contribution in [1.29, 1.82) is 0 Å². The van der Waals surface area contributed by atoms with Gasteiger partial charge in [-0.25, -0.2) is 4.79 Å². The second kappa shape index (κ2) is 6.89. The Kier molecular flexibility index (Phi) is 5.79. The quantitative estimate of drug-likeness (QED) is 0.772. The Morgan fingerprint density at radius 3 is 2.63 bits per heavy atom. The summed E-state index contributed by atoms with van der Waals surface area (Å²) in [6, 6.07) is -0.856. The van der Waals surface area contributed by atoms with Gasteiger partial charge in [-0.1, -0.05) is 26.7 Å². The summed E-state index contributed by atoms with van der Waals surface area (Å²) in [7, 11) is 1.52. The summed E-state index contributed by atoms with van der Waals surface area (Å²) in [6.07, 6.45) is 4.33. The van der Waals surface area contributed by atoms with Crippen LogP contribution in [0, 0.1) is 11.3 Å². The number of ether oxygens (including phenoxy) is 1. The average molecular weight is 271 g/mol. The van der Waals surface area contributed by atoms with Gasteiger partial charge in [0, 0.05) is 26.1 Å². The standard InChI is InChI=1S/C14H25NO4/c1-14(2)8-5-4-6-10(14)12(16)15-11(13(17)18)7-9-19-3/h10-11H,4-9H2,1-3H3,(H,15,16)(H,17,18). The number of carbonyl (C=O) groups is 2. The Morgan fingerprint density at radius 1 is 1.42 bits per heavy atom. The zero-order valence-electron chi connectivity index (χ0n) is 12.1. The van der Waals surface area contributed by atoms with E-state index in [1.807, 2.05) is 0 Å². The minimum Gasteiger partial charge on any atom is -0.480 e. The molecule has 0 aromatic carbocycles. The SMILES string of the molecule is COCCC(NC(=O)C1CCCCC1(C)C)C(=O)O. The number of nitrogens with one attached hydrogen (secondary N) is 1. The number of aliphatic carboxylic acids is 1. The van der Waals surface area contributed by atoms with E-state index in [1.165, 1.54) is 7.11 Å². The summed E-state index contributed by atoms with van der Waals surface area (Å²) in [5, 5.41) is 11.8. The molecule has 2 atom stereocenters. The van der Waals surface area contributed by atoms with Gasteiger partial charge >= 0.3 is 5.97 Å². The molecule has 0 spiro atoms. The second-order valence-corrected chi connectivity index (χ2v) is 5.97. The smallest absolute Gasteiger partial charge is 0.326 e. The summed E-state index contributed by atoms with van der Waals surface area (Å²) >= 11 is 0. The largest absolute Gasteiger partial charge is 0.480 e. The fourth-order valence-electron chi connectivity index (χ4n) is 2.75. The van der Waals surface area contributed by atoms with E-state index in [0.29, 0.717) is 13.0 Å². The molecule has 1 rings (SSSR count). The summed E-state index contributed by atoms with van der Waals surface area (Å²) in [5.41, 5.74) is -0.0490. The van der Waals surface area contributed by atoms with Crippen LogP contribution in [0.2, 0.25) is 0 Å². The molecule has 19 heavy (non-hydrogen) atoms. The van der Waals surface area contributed by atoms with E-state index in [4.69, 9.17) is 9.84 Å². The maximum atomic E-state index is 12.3. The minimum atomic E-state index is -1.00. The fourth-order valence-corrected chi connectivity index (χ4v) is 2.75. The molecule has 5 heteroatoms. The molecule has 1 aliphatic carbocycles. The Balaban J connectivity index is 2.62. The summed E-state index contributed by atoms with van der Waals surface area (Å²) in [5.74, 6) is -1.22. The highest BCUT2D eigenvalue weighted by atomic mass is 16.5. The van der Waals surface area contributed by atoms with Gasteiger partial charge in [0.25, 0.3) is 0 Å². The highest BCUT2D eigenvalue weighted by Gasteiger charge is 2.38. The first-order chi connectivity index (χ1) is 8.88.